The van der Waals surface area contributed by atoms with Gasteiger partial charge in [0.2, 0.25) is 0 Å². The monoisotopic (exact) mass is 530 g/mol. The first-order valence-electron chi connectivity index (χ1n) is 13.0. The van der Waals surface area contributed by atoms with Crippen LogP contribution in [0.5, 0.6) is 5.75 Å². The molecule has 3 aromatic carbocycles. The molecule has 8 nitrogen and oxygen atoms in total. The third kappa shape index (κ3) is 7.60. The number of nitrogens with one attached hydrogen (secondary N) is 1. The number of nitrogens with zero attached hydrogens (tertiary/aromatic N) is 1. The molecule has 2 atom stereocenters. The summed E-state index contributed by atoms with van der Waals surface area (Å²) in [6.45, 7) is 5.89. The number of hydrogen-bond acceptors (Lipinski definition) is 6. The van der Waals surface area contributed by atoms with Crippen molar-refractivity contribution in [2.75, 3.05) is 13.1 Å². The van der Waals surface area contributed by atoms with Crippen LogP contribution in [0, 0.1) is 0 Å². The molecule has 2 N–H and O–H groups in total. The fraction of sp³-hybridized carbons (Fsp3) is 0.323. The van der Waals surface area contributed by atoms with Crippen LogP contribution in [0.15, 0.2) is 78.9 Å². The Morgan fingerprint density at radius 2 is 1.49 bits per heavy atom. The molecule has 3 aromatic rings. The zero-order valence-electron chi connectivity index (χ0n) is 22.4. The van der Waals surface area contributed by atoms with Gasteiger partial charge in [0.05, 0.1) is 11.6 Å². The van der Waals surface area contributed by atoms with E-state index in [2.05, 4.69) is 5.32 Å². The maximum absolute atomic E-state index is 13.1. The zero-order valence-corrected chi connectivity index (χ0v) is 22.4. The van der Waals surface area contributed by atoms with Gasteiger partial charge in [-0.05, 0) is 81.1 Å². The lowest BCUT2D eigenvalue weighted by Crippen LogP contribution is -2.51. The zero-order chi connectivity index (χ0) is 28.0. The van der Waals surface area contributed by atoms with E-state index < -0.39 is 35.7 Å². The molecule has 1 aliphatic heterocycles. The van der Waals surface area contributed by atoms with Crippen LogP contribution in [-0.2, 0) is 9.47 Å². The molecule has 1 heterocycles. The topological polar surface area (TPSA) is 105 Å². The molecule has 0 radical (unpaired) electrons. The molecule has 8 heteroatoms. The molecule has 1 aliphatic rings. The standard InChI is InChI=1S/C31H34N2O6/c1-31(2,3)39-30(37)33-19-7-10-27(26(20-33)32-28(35)23-15-17-25(34)18-16-23)38-29(36)24-13-11-22(12-14-24)21-8-5-4-6-9-21/h4-6,8-9,11-18,26-27,34H,7,10,19-20H2,1-3H3,(H,32,35)/t26-,27-/m1/s1. The first kappa shape index (κ1) is 27.7. The van der Waals surface area contributed by atoms with Crippen molar-refractivity contribution in [3.8, 4) is 16.9 Å². The summed E-state index contributed by atoms with van der Waals surface area (Å²) in [5, 5.41) is 12.5. The number of esters is 1. The minimum absolute atomic E-state index is 0.0437. The van der Waals surface area contributed by atoms with E-state index in [9.17, 15) is 19.5 Å². The fourth-order valence-electron chi connectivity index (χ4n) is 4.40. The fourth-order valence-corrected chi connectivity index (χ4v) is 4.40. The van der Waals surface area contributed by atoms with Gasteiger partial charge in [-0.3, -0.25) is 4.79 Å². The van der Waals surface area contributed by atoms with Gasteiger partial charge in [-0.15, -0.1) is 0 Å². The van der Waals surface area contributed by atoms with E-state index in [0.29, 0.717) is 30.5 Å². The molecule has 0 unspecified atom stereocenters. The second-order valence-corrected chi connectivity index (χ2v) is 10.6. The first-order chi connectivity index (χ1) is 18.6. The van der Waals surface area contributed by atoms with Crippen LogP contribution in [0.2, 0.25) is 0 Å². The van der Waals surface area contributed by atoms with Crippen LogP contribution < -0.4 is 5.32 Å². The Hall–Kier alpha value is -4.33. The number of aromatic hydroxyl groups is 1. The molecule has 0 spiro atoms. The van der Waals surface area contributed by atoms with Gasteiger partial charge < -0.3 is 24.8 Å². The Kier molecular flexibility index (Phi) is 8.54. The predicted octanol–water partition coefficient (Wildman–Crippen LogP) is 5.41. The molecule has 4 rings (SSSR count). The summed E-state index contributed by atoms with van der Waals surface area (Å²) in [6, 6.07) is 22.2. The molecular formula is C31H34N2O6. The first-order valence-corrected chi connectivity index (χ1v) is 13.0. The highest BCUT2D eigenvalue weighted by Gasteiger charge is 2.35. The summed E-state index contributed by atoms with van der Waals surface area (Å²) < 4.78 is 11.5. The van der Waals surface area contributed by atoms with E-state index in [4.69, 9.17) is 9.47 Å². The second-order valence-electron chi connectivity index (χ2n) is 10.6. The lowest BCUT2D eigenvalue weighted by atomic mass is 10.0. The quantitative estimate of drug-likeness (QED) is 0.427. The molecule has 1 saturated heterocycles. The van der Waals surface area contributed by atoms with Gasteiger partial charge in [0.25, 0.3) is 5.91 Å². The number of phenols is 1. The van der Waals surface area contributed by atoms with Crippen molar-refractivity contribution >= 4 is 18.0 Å². The molecule has 1 fully saturated rings. The number of hydrogen-bond donors (Lipinski definition) is 2. The maximum atomic E-state index is 13.1. The number of carbonyl (C=O) groups is 3. The Morgan fingerprint density at radius 1 is 0.872 bits per heavy atom. The van der Waals surface area contributed by atoms with Crippen LogP contribution in [0.4, 0.5) is 4.79 Å². The Labute approximate surface area is 228 Å². The van der Waals surface area contributed by atoms with E-state index in [0.717, 1.165) is 11.1 Å². The highest BCUT2D eigenvalue weighted by Crippen LogP contribution is 2.23. The summed E-state index contributed by atoms with van der Waals surface area (Å²) in [5.41, 5.74) is 2.08. The van der Waals surface area contributed by atoms with Crippen molar-refractivity contribution < 1.29 is 29.0 Å². The van der Waals surface area contributed by atoms with Gasteiger partial charge in [0.1, 0.15) is 17.5 Å². The average Bonchev–Trinajstić information content (AvgIpc) is 3.11. The minimum Gasteiger partial charge on any atom is -0.508 e. The summed E-state index contributed by atoms with van der Waals surface area (Å²) in [5.74, 6) is -0.865. The summed E-state index contributed by atoms with van der Waals surface area (Å²) in [6.07, 6.45) is -0.140. The number of phenolic OH excluding ortho intramolecular Hbond substituents is 1. The second kappa shape index (κ2) is 12.0. The average molecular weight is 531 g/mol. The van der Waals surface area contributed by atoms with E-state index in [-0.39, 0.29) is 12.3 Å². The van der Waals surface area contributed by atoms with Gasteiger partial charge in [-0.2, -0.15) is 0 Å². The summed E-state index contributed by atoms with van der Waals surface area (Å²) in [4.78, 5) is 40.6. The van der Waals surface area contributed by atoms with Gasteiger partial charge in [-0.25, -0.2) is 9.59 Å². The van der Waals surface area contributed by atoms with Gasteiger partial charge in [0, 0.05) is 18.7 Å². The van der Waals surface area contributed by atoms with Crippen molar-refractivity contribution in [2.45, 2.75) is 51.4 Å². The molecule has 0 aromatic heterocycles. The predicted molar refractivity (Wildman–Crippen MR) is 147 cm³/mol. The van der Waals surface area contributed by atoms with Crippen molar-refractivity contribution in [2.24, 2.45) is 0 Å². The third-order valence-corrected chi connectivity index (χ3v) is 6.37. The largest absolute Gasteiger partial charge is 0.508 e. The number of ether oxygens (including phenoxy) is 2. The number of benzene rings is 3. The van der Waals surface area contributed by atoms with E-state index in [1.807, 2.05) is 42.5 Å². The summed E-state index contributed by atoms with van der Waals surface area (Å²) >= 11 is 0. The third-order valence-electron chi connectivity index (χ3n) is 6.37. The molecule has 39 heavy (non-hydrogen) atoms. The SMILES string of the molecule is CC(C)(C)OC(=O)N1CCC[C@@H](OC(=O)c2ccc(-c3ccccc3)cc2)[C@H](NC(=O)c2ccc(O)cc2)C1. The van der Waals surface area contributed by atoms with E-state index in [1.54, 1.807) is 32.9 Å². The molecule has 0 bridgehead atoms. The highest BCUT2D eigenvalue weighted by atomic mass is 16.6. The number of amides is 2. The molecule has 0 aliphatic carbocycles. The van der Waals surface area contributed by atoms with E-state index >= 15 is 0 Å². The van der Waals surface area contributed by atoms with Gasteiger partial charge >= 0.3 is 12.1 Å². The molecule has 204 valence electrons. The van der Waals surface area contributed by atoms with Crippen molar-refractivity contribution in [1.29, 1.82) is 0 Å². The van der Waals surface area contributed by atoms with Crippen molar-refractivity contribution in [1.82, 2.24) is 10.2 Å². The lowest BCUT2D eigenvalue weighted by molar-refractivity contribution is 0.0127. The Morgan fingerprint density at radius 3 is 2.13 bits per heavy atom. The van der Waals surface area contributed by atoms with Gasteiger partial charge in [0.15, 0.2) is 0 Å². The molecule has 0 saturated carbocycles. The molecule has 2 amide bonds. The van der Waals surface area contributed by atoms with Crippen LogP contribution in [-0.4, -0.2) is 58.8 Å². The van der Waals surface area contributed by atoms with Crippen LogP contribution in [0.25, 0.3) is 11.1 Å². The lowest BCUT2D eigenvalue weighted by Gasteiger charge is -2.30. The summed E-state index contributed by atoms with van der Waals surface area (Å²) in [7, 11) is 0. The number of carbonyl (C=O) groups excluding carboxylic acids is 3. The highest BCUT2D eigenvalue weighted by molar-refractivity contribution is 5.94. The number of likely N-dealkylation sites (tertiary alicyclic amines) is 1. The van der Waals surface area contributed by atoms with Crippen molar-refractivity contribution in [3.05, 3.63) is 90.0 Å². The Bertz CT molecular complexity index is 1280. The molecular weight excluding hydrogens is 496 g/mol. The Balaban J connectivity index is 1.52. The van der Waals surface area contributed by atoms with E-state index in [1.165, 1.54) is 29.2 Å². The normalized spacial score (nSPS) is 17.6. The van der Waals surface area contributed by atoms with Crippen LogP contribution in [0.1, 0.15) is 54.3 Å². The van der Waals surface area contributed by atoms with Crippen LogP contribution in [0.3, 0.4) is 0 Å². The minimum atomic E-state index is -0.675. The van der Waals surface area contributed by atoms with Gasteiger partial charge in [-0.1, -0.05) is 42.5 Å². The maximum Gasteiger partial charge on any atom is 0.410 e. The smallest absolute Gasteiger partial charge is 0.410 e. The van der Waals surface area contributed by atoms with Crippen LogP contribution >= 0.6 is 0 Å². The van der Waals surface area contributed by atoms with Crippen molar-refractivity contribution in [3.63, 3.8) is 0 Å². The number of rotatable bonds is 5.